The van der Waals surface area contributed by atoms with Crippen LogP contribution in [-0.4, -0.2) is 54.6 Å². The molecule has 1 fully saturated rings. The van der Waals surface area contributed by atoms with E-state index in [1.165, 1.54) is 37.4 Å². The summed E-state index contributed by atoms with van der Waals surface area (Å²) in [5.41, 5.74) is 1.86. The topological polar surface area (TPSA) is 151 Å². The van der Waals surface area contributed by atoms with E-state index in [0.29, 0.717) is 17.9 Å². The Bertz CT molecular complexity index is 1170. The molecule has 170 valence electrons. The monoisotopic (exact) mass is 482 g/mol. The number of aromatic hydroxyl groups is 1. The molecule has 11 nitrogen and oxygen atoms in total. The molecule has 0 aromatic heterocycles. The van der Waals surface area contributed by atoms with Crippen molar-refractivity contribution in [2.75, 3.05) is 13.7 Å². The normalized spacial score (nSPS) is 16.9. The molecule has 2 aromatic carbocycles. The minimum Gasteiger partial charge on any atom is -0.500 e. The highest BCUT2D eigenvalue weighted by atomic mass is 35.5. The number of halogens is 1. The Morgan fingerprint density at radius 3 is 2.69 bits per heavy atom. The van der Waals surface area contributed by atoms with Crippen molar-refractivity contribution in [1.29, 1.82) is 0 Å². The number of rotatable bonds is 7. The highest BCUT2D eigenvalue weighted by molar-refractivity contribution is 7.89. The van der Waals surface area contributed by atoms with Gasteiger partial charge in [0, 0.05) is 23.2 Å². The predicted molar refractivity (Wildman–Crippen MR) is 115 cm³/mol. The van der Waals surface area contributed by atoms with Crippen LogP contribution in [0.4, 0.5) is 5.69 Å². The van der Waals surface area contributed by atoms with E-state index >= 15 is 0 Å². The number of nitro benzene ring substituents is 1. The molecular formula is C19H19ClN4O7S. The minimum atomic E-state index is -3.91. The van der Waals surface area contributed by atoms with E-state index in [4.69, 9.17) is 16.3 Å². The second-order valence-corrected chi connectivity index (χ2v) is 9.14. The number of carbonyl (C=O) groups excluding carboxylic acids is 1. The highest BCUT2D eigenvalue weighted by Gasteiger charge is 2.39. The van der Waals surface area contributed by atoms with Crippen LogP contribution in [0.15, 0.2) is 46.4 Å². The van der Waals surface area contributed by atoms with Gasteiger partial charge < -0.3 is 9.84 Å². The number of hydrogen-bond acceptors (Lipinski definition) is 8. The van der Waals surface area contributed by atoms with Gasteiger partial charge in [-0.15, -0.1) is 0 Å². The van der Waals surface area contributed by atoms with Gasteiger partial charge in [-0.2, -0.15) is 9.41 Å². The van der Waals surface area contributed by atoms with E-state index in [1.807, 2.05) is 0 Å². The molecule has 0 radical (unpaired) electrons. The lowest BCUT2D eigenvalue weighted by molar-refractivity contribution is -0.386. The van der Waals surface area contributed by atoms with Crippen molar-refractivity contribution in [3.05, 3.63) is 57.1 Å². The summed E-state index contributed by atoms with van der Waals surface area (Å²) in [6, 6.07) is 7.04. The Balaban J connectivity index is 1.76. The van der Waals surface area contributed by atoms with Gasteiger partial charge in [0.1, 0.15) is 6.04 Å². The summed E-state index contributed by atoms with van der Waals surface area (Å²) >= 11 is 5.82. The summed E-state index contributed by atoms with van der Waals surface area (Å²) in [4.78, 5) is 22.9. The van der Waals surface area contributed by atoms with Crippen LogP contribution in [0, 0.1) is 10.1 Å². The van der Waals surface area contributed by atoms with Gasteiger partial charge in [0.05, 0.1) is 23.1 Å². The van der Waals surface area contributed by atoms with Crippen LogP contribution in [0.2, 0.25) is 5.02 Å². The Kier molecular flexibility index (Phi) is 6.96. The van der Waals surface area contributed by atoms with Crippen LogP contribution in [0.1, 0.15) is 18.4 Å². The third-order valence-corrected chi connectivity index (χ3v) is 6.98. The van der Waals surface area contributed by atoms with E-state index in [2.05, 4.69) is 10.5 Å². The molecule has 0 aliphatic carbocycles. The van der Waals surface area contributed by atoms with E-state index in [-0.39, 0.29) is 22.8 Å². The zero-order valence-electron chi connectivity index (χ0n) is 16.8. The number of nitro groups is 1. The molecule has 0 unspecified atom stereocenters. The van der Waals surface area contributed by atoms with Gasteiger partial charge in [0.2, 0.25) is 15.8 Å². The van der Waals surface area contributed by atoms with E-state index in [0.717, 1.165) is 16.6 Å². The maximum atomic E-state index is 12.9. The summed E-state index contributed by atoms with van der Waals surface area (Å²) < 4.78 is 31.9. The zero-order valence-corrected chi connectivity index (χ0v) is 18.3. The highest BCUT2D eigenvalue weighted by Crippen LogP contribution is 2.36. The zero-order chi connectivity index (χ0) is 23.5. The number of methoxy groups -OCH3 is 1. The molecule has 0 spiro atoms. The third-order valence-electron chi connectivity index (χ3n) is 4.81. The number of benzene rings is 2. The number of phenolic OH excluding ortho intramolecular Hbond substituents is 1. The largest absolute Gasteiger partial charge is 0.500 e. The molecule has 1 aliphatic rings. The van der Waals surface area contributed by atoms with Crippen molar-refractivity contribution >= 4 is 39.4 Å². The molecule has 13 heteroatoms. The van der Waals surface area contributed by atoms with Crippen molar-refractivity contribution in [3.63, 3.8) is 0 Å². The lowest BCUT2D eigenvalue weighted by atomic mass is 10.2. The van der Waals surface area contributed by atoms with Crippen LogP contribution in [-0.2, 0) is 14.8 Å². The molecule has 2 aromatic rings. The Labute approximate surface area is 188 Å². The fourth-order valence-electron chi connectivity index (χ4n) is 3.26. The van der Waals surface area contributed by atoms with Crippen molar-refractivity contribution in [2.45, 2.75) is 23.8 Å². The molecule has 1 amide bonds. The van der Waals surface area contributed by atoms with Gasteiger partial charge in [-0.25, -0.2) is 13.8 Å². The summed E-state index contributed by atoms with van der Waals surface area (Å²) in [7, 11) is -2.68. The van der Waals surface area contributed by atoms with Crippen molar-refractivity contribution in [1.82, 2.24) is 9.73 Å². The molecule has 0 bridgehead atoms. The fraction of sp³-hybridized carbons (Fsp3) is 0.263. The average molecular weight is 483 g/mol. The second kappa shape index (κ2) is 9.51. The molecular weight excluding hydrogens is 464 g/mol. The molecule has 0 saturated carbocycles. The van der Waals surface area contributed by atoms with Crippen LogP contribution in [0.5, 0.6) is 11.5 Å². The van der Waals surface area contributed by atoms with E-state index < -0.39 is 38.3 Å². The lowest BCUT2D eigenvalue weighted by Gasteiger charge is -2.22. The Morgan fingerprint density at radius 1 is 1.38 bits per heavy atom. The predicted octanol–water partition coefficient (Wildman–Crippen LogP) is 2.27. The Morgan fingerprint density at radius 2 is 2.06 bits per heavy atom. The number of amides is 1. The number of ether oxygens (including phenoxy) is 1. The number of phenols is 1. The molecule has 32 heavy (non-hydrogen) atoms. The van der Waals surface area contributed by atoms with E-state index in [9.17, 15) is 28.4 Å². The molecule has 3 rings (SSSR count). The van der Waals surface area contributed by atoms with Crippen LogP contribution < -0.4 is 10.2 Å². The van der Waals surface area contributed by atoms with Crippen molar-refractivity contribution in [3.8, 4) is 11.5 Å². The SMILES string of the molecule is COc1cc(/C=N\NC(=O)[C@@H]2CCCN2S(=O)(=O)c2ccc(Cl)cc2)cc([N+](=O)[O-])c1O. The second-order valence-electron chi connectivity index (χ2n) is 6.81. The number of sulfonamides is 1. The van der Waals surface area contributed by atoms with Crippen LogP contribution in [0.3, 0.4) is 0 Å². The van der Waals surface area contributed by atoms with Gasteiger partial charge in [-0.1, -0.05) is 11.6 Å². The van der Waals surface area contributed by atoms with E-state index in [1.54, 1.807) is 0 Å². The molecule has 1 saturated heterocycles. The van der Waals surface area contributed by atoms with Gasteiger partial charge in [0.15, 0.2) is 5.75 Å². The first-order chi connectivity index (χ1) is 15.1. The first-order valence-electron chi connectivity index (χ1n) is 9.31. The standard InChI is InChI=1S/C19H19ClN4O7S/c1-31-17-10-12(9-16(18(17)25)24(27)28)11-21-22-19(26)15-3-2-8-23(15)32(29,30)14-6-4-13(20)5-7-14/h4-7,9-11,15,25H,2-3,8H2,1H3,(H,22,26)/b21-11-/t15-/m0/s1. The van der Waals surface area contributed by atoms with Crippen LogP contribution >= 0.6 is 11.6 Å². The summed E-state index contributed by atoms with van der Waals surface area (Å²) in [5, 5.41) is 25.0. The first-order valence-corrected chi connectivity index (χ1v) is 11.1. The number of nitrogens with one attached hydrogen (secondary N) is 1. The number of carbonyl (C=O) groups is 1. The lowest BCUT2D eigenvalue weighted by Crippen LogP contribution is -2.44. The summed E-state index contributed by atoms with van der Waals surface area (Å²) in [6.45, 7) is 0.175. The molecule has 2 N–H and O–H groups in total. The first kappa shape index (κ1) is 23.4. The van der Waals surface area contributed by atoms with Crippen molar-refractivity contribution < 1.29 is 28.0 Å². The fourth-order valence-corrected chi connectivity index (χ4v) is 5.04. The summed E-state index contributed by atoms with van der Waals surface area (Å²) in [5.74, 6) is -1.41. The van der Waals surface area contributed by atoms with Crippen LogP contribution in [0.25, 0.3) is 0 Å². The van der Waals surface area contributed by atoms with Gasteiger partial charge >= 0.3 is 5.69 Å². The molecule has 1 aliphatic heterocycles. The minimum absolute atomic E-state index is 0.0219. The molecule has 1 heterocycles. The van der Waals surface area contributed by atoms with Gasteiger partial charge in [-0.3, -0.25) is 14.9 Å². The van der Waals surface area contributed by atoms with Gasteiger partial charge in [-0.05, 0) is 43.2 Å². The molecule has 1 atom stereocenters. The smallest absolute Gasteiger partial charge is 0.315 e. The maximum absolute atomic E-state index is 12.9. The van der Waals surface area contributed by atoms with Crippen molar-refractivity contribution in [2.24, 2.45) is 5.10 Å². The number of hydrogen-bond donors (Lipinski definition) is 2. The maximum Gasteiger partial charge on any atom is 0.315 e. The number of nitrogens with zero attached hydrogens (tertiary/aromatic N) is 3. The quantitative estimate of drug-likeness (QED) is 0.349. The Hall–Kier alpha value is -3.22. The summed E-state index contributed by atoms with van der Waals surface area (Å²) in [6.07, 6.45) is 1.93. The number of hydrazone groups is 1. The van der Waals surface area contributed by atoms with Gasteiger partial charge in [0.25, 0.3) is 5.91 Å². The third kappa shape index (κ3) is 4.82. The average Bonchev–Trinajstić information content (AvgIpc) is 3.25.